The Kier molecular flexibility index (Phi) is 9.04. The summed E-state index contributed by atoms with van der Waals surface area (Å²) in [6.45, 7) is 0.862. The first-order chi connectivity index (χ1) is 21.3. The van der Waals surface area contributed by atoms with Gasteiger partial charge in [0, 0.05) is 13.1 Å². The summed E-state index contributed by atoms with van der Waals surface area (Å²) in [5.41, 5.74) is 0. The number of carbonyl (C=O) groups excluding carboxylic acids is 6. The summed E-state index contributed by atoms with van der Waals surface area (Å²) in [7, 11) is 0. The molecule has 0 aromatic carbocycles. The molecular formula is C32H42N4O8. The van der Waals surface area contributed by atoms with Crippen LogP contribution in [0.15, 0.2) is 24.3 Å². The van der Waals surface area contributed by atoms with Crippen molar-refractivity contribution in [2.75, 3.05) is 13.1 Å². The minimum absolute atomic E-state index is 0.0791. The highest BCUT2D eigenvalue weighted by Gasteiger charge is 2.62. The molecule has 4 bridgehead atoms. The van der Waals surface area contributed by atoms with Crippen molar-refractivity contribution in [2.24, 2.45) is 47.3 Å². The second kappa shape index (κ2) is 13.1. The molecule has 0 aromatic rings. The molecule has 6 aliphatic rings. The molecule has 2 heterocycles. The Labute approximate surface area is 256 Å². The van der Waals surface area contributed by atoms with Crippen molar-refractivity contribution in [2.45, 2.75) is 77.0 Å². The van der Waals surface area contributed by atoms with Gasteiger partial charge in [-0.15, -0.1) is 10.1 Å². The van der Waals surface area contributed by atoms with Gasteiger partial charge in [0.1, 0.15) is 0 Å². The van der Waals surface area contributed by atoms with Gasteiger partial charge in [-0.3, -0.25) is 19.2 Å². The van der Waals surface area contributed by atoms with Crippen LogP contribution in [0.2, 0.25) is 0 Å². The maximum absolute atomic E-state index is 12.6. The Morgan fingerprint density at radius 2 is 0.795 bits per heavy atom. The summed E-state index contributed by atoms with van der Waals surface area (Å²) in [5, 5.41) is 6.63. The SMILES string of the molecule is O=C(NCCCCCCCCCCCCNC(=O)ON1C(=O)C2C3C=CC(C3)C2C1=O)ON1C(=O)C2C3C=CC(C3)C2C1=O. The van der Waals surface area contributed by atoms with Crippen molar-refractivity contribution in [3.8, 4) is 0 Å². The standard InChI is InChI=1S/C32H42N4O8/c37-27-23-19-11-12-20(17-19)24(23)28(38)35(27)43-31(41)33-15-9-7-5-3-1-2-4-6-8-10-16-34-32(42)44-36-29(39)25-21-13-14-22(18-21)26(25)30(36)40/h11-14,19-26H,1-10,15-18H2,(H,33,41)(H,34,42). The summed E-state index contributed by atoms with van der Waals surface area (Å²) in [5.74, 6) is -2.80. The lowest BCUT2D eigenvalue weighted by molar-refractivity contribution is -0.175. The van der Waals surface area contributed by atoms with E-state index in [0.717, 1.165) is 77.0 Å². The normalized spacial score (nSPS) is 32.2. The smallest absolute Gasteiger partial charge is 0.320 e. The number of hydrogen-bond donors (Lipinski definition) is 2. The molecule has 2 saturated carbocycles. The molecule has 6 amide bonds. The Bertz CT molecular complexity index is 1090. The average Bonchev–Trinajstić information content (AvgIpc) is 3.86. The maximum Gasteiger partial charge on any atom is 0.432 e. The predicted molar refractivity (Wildman–Crippen MR) is 154 cm³/mol. The lowest BCUT2D eigenvalue weighted by Gasteiger charge is -2.16. The van der Waals surface area contributed by atoms with E-state index in [1.807, 2.05) is 24.3 Å². The number of amides is 6. The number of imide groups is 2. The van der Waals surface area contributed by atoms with Crippen LogP contribution in [0.4, 0.5) is 9.59 Å². The minimum Gasteiger partial charge on any atom is -0.320 e. The molecule has 8 atom stereocenters. The highest BCUT2D eigenvalue weighted by atomic mass is 16.7. The molecular weight excluding hydrogens is 568 g/mol. The van der Waals surface area contributed by atoms with Gasteiger partial charge in [-0.1, -0.05) is 75.7 Å². The molecule has 0 aromatic heterocycles. The van der Waals surface area contributed by atoms with E-state index in [2.05, 4.69) is 10.6 Å². The van der Waals surface area contributed by atoms with Crippen LogP contribution in [0.3, 0.4) is 0 Å². The van der Waals surface area contributed by atoms with Gasteiger partial charge in [-0.05, 0) is 49.4 Å². The molecule has 2 aliphatic heterocycles. The third-order valence-corrected chi connectivity index (χ3v) is 10.4. The number of nitrogens with one attached hydrogen (secondary N) is 2. The van der Waals surface area contributed by atoms with E-state index >= 15 is 0 Å². The fourth-order valence-electron chi connectivity index (χ4n) is 8.21. The van der Waals surface area contributed by atoms with E-state index in [1.54, 1.807) is 0 Å². The van der Waals surface area contributed by atoms with Gasteiger partial charge in [0.2, 0.25) is 0 Å². The fraction of sp³-hybridized carbons (Fsp3) is 0.688. The van der Waals surface area contributed by atoms with Crippen LogP contribution >= 0.6 is 0 Å². The lowest BCUT2D eigenvalue weighted by Crippen LogP contribution is -2.39. The molecule has 4 aliphatic carbocycles. The van der Waals surface area contributed by atoms with Gasteiger partial charge in [0.25, 0.3) is 23.6 Å². The van der Waals surface area contributed by atoms with E-state index in [4.69, 9.17) is 9.68 Å². The summed E-state index contributed by atoms with van der Waals surface area (Å²) >= 11 is 0. The summed E-state index contributed by atoms with van der Waals surface area (Å²) in [6, 6.07) is 0. The molecule has 12 nitrogen and oxygen atoms in total. The molecule has 4 fully saturated rings. The second-order valence-corrected chi connectivity index (χ2v) is 13.1. The van der Waals surface area contributed by atoms with E-state index < -0.39 is 35.8 Å². The van der Waals surface area contributed by atoms with Crippen molar-refractivity contribution in [3.63, 3.8) is 0 Å². The van der Waals surface area contributed by atoms with Gasteiger partial charge < -0.3 is 20.3 Å². The molecule has 44 heavy (non-hydrogen) atoms. The largest absolute Gasteiger partial charge is 0.432 e. The van der Waals surface area contributed by atoms with Gasteiger partial charge >= 0.3 is 12.2 Å². The van der Waals surface area contributed by atoms with E-state index in [1.165, 1.54) is 0 Å². The zero-order chi connectivity index (χ0) is 30.8. The van der Waals surface area contributed by atoms with Crippen molar-refractivity contribution in [3.05, 3.63) is 24.3 Å². The quantitative estimate of drug-likeness (QED) is 0.162. The number of fused-ring (bicyclic) bond motifs is 10. The molecule has 8 unspecified atom stereocenters. The topological polar surface area (TPSA) is 151 Å². The summed E-state index contributed by atoms with van der Waals surface area (Å²) < 4.78 is 0. The summed E-state index contributed by atoms with van der Waals surface area (Å²) in [6.07, 6.45) is 18.3. The number of rotatable bonds is 15. The summed E-state index contributed by atoms with van der Waals surface area (Å²) in [4.78, 5) is 84.7. The van der Waals surface area contributed by atoms with Crippen LogP contribution in [0.5, 0.6) is 0 Å². The van der Waals surface area contributed by atoms with Crippen molar-refractivity contribution < 1.29 is 38.4 Å². The number of carbonyl (C=O) groups is 6. The van der Waals surface area contributed by atoms with Crippen LogP contribution < -0.4 is 10.6 Å². The van der Waals surface area contributed by atoms with Crippen molar-refractivity contribution >= 4 is 35.8 Å². The predicted octanol–water partition coefficient (Wildman–Crippen LogP) is 3.78. The van der Waals surface area contributed by atoms with Crippen LogP contribution in [0, 0.1) is 47.3 Å². The molecule has 0 spiro atoms. The van der Waals surface area contributed by atoms with Crippen LogP contribution in [0.1, 0.15) is 77.0 Å². The first-order valence-corrected chi connectivity index (χ1v) is 16.4. The fourth-order valence-corrected chi connectivity index (χ4v) is 8.21. The van der Waals surface area contributed by atoms with E-state index in [-0.39, 0.29) is 47.3 Å². The van der Waals surface area contributed by atoms with Crippen molar-refractivity contribution in [1.29, 1.82) is 0 Å². The Balaban J connectivity index is 0.721. The molecule has 0 radical (unpaired) electrons. The first-order valence-electron chi connectivity index (χ1n) is 16.4. The Hall–Kier alpha value is -3.70. The lowest BCUT2D eigenvalue weighted by atomic mass is 9.85. The number of unbranched alkanes of at least 4 members (excludes halogenated alkanes) is 9. The zero-order valence-corrected chi connectivity index (χ0v) is 25.0. The highest BCUT2D eigenvalue weighted by molar-refractivity contribution is 6.06. The van der Waals surface area contributed by atoms with E-state index in [9.17, 15) is 28.8 Å². The second-order valence-electron chi connectivity index (χ2n) is 13.1. The third kappa shape index (κ3) is 5.87. The molecule has 2 saturated heterocycles. The Morgan fingerprint density at radius 1 is 0.523 bits per heavy atom. The van der Waals surface area contributed by atoms with E-state index in [0.29, 0.717) is 23.2 Å². The number of allylic oxidation sites excluding steroid dienone is 4. The average molecular weight is 611 g/mol. The molecule has 2 N–H and O–H groups in total. The van der Waals surface area contributed by atoms with Crippen LogP contribution in [-0.2, 0) is 28.9 Å². The number of hydroxylamine groups is 4. The third-order valence-electron chi connectivity index (χ3n) is 10.4. The zero-order valence-electron chi connectivity index (χ0n) is 25.0. The molecule has 238 valence electrons. The van der Waals surface area contributed by atoms with Crippen LogP contribution in [0.25, 0.3) is 0 Å². The molecule has 12 heteroatoms. The van der Waals surface area contributed by atoms with Gasteiger partial charge in [0.15, 0.2) is 0 Å². The minimum atomic E-state index is -0.762. The van der Waals surface area contributed by atoms with Gasteiger partial charge in [-0.25, -0.2) is 9.59 Å². The highest BCUT2D eigenvalue weighted by Crippen LogP contribution is 2.53. The first kappa shape index (κ1) is 30.3. The molecule has 6 rings (SSSR count). The number of nitrogens with zero attached hydrogens (tertiary/aromatic N) is 2. The monoisotopic (exact) mass is 610 g/mol. The van der Waals surface area contributed by atoms with Crippen LogP contribution in [-0.4, -0.2) is 59.0 Å². The maximum atomic E-state index is 12.6. The van der Waals surface area contributed by atoms with Crippen molar-refractivity contribution in [1.82, 2.24) is 20.8 Å². The van der Waals surface area contributed by atoms with Gasteiger partial charge in [-0.2, -0.15) is 0 Å². The Morgan fingerprint density at radius 3 is 1.09 bits per heavy atom. The number of hydrogen-bond acceptors (Lipinski definition) is 8. The van der Waals surface area contributed by atoms with Gasteiger partial charge in [0.05, 0.1) is 23.7 Å².